The van der Waals surface area contributed by atoms with E-state index in [2.05, 4.69) is 159 Å². The molecule has 0 atom stereocenters. The Bertz CT molecular complexity index is 2010. The van der Waals surface area contributed by atoms with Gasteiger partial charge >= 0.3 is 0 Å². The molecule has 7 aromatic rings. The van der Waals surface area contributed by atoms with Crippen molar-refractivity contribution in [3.05, 3.63) is 140 Å². The van der Waals surface area contributed by atoms with Crippen molar-refractivity contribution in [2.75, 3.05) is 0 Å². The number of benzene rings is 7. The van der Waals surface area contributed by atoms with E-state index in [9.17, 15) is 0 Å². The van der Waals surface area contributed by atoms with E-state index in [0.29, 0.717) is 0 Å². The highest BCUT2D eigenvalue weighted by Crippen LogP contribution is 2.44. The van der Waals surface area contributed by atoms with Gasteiger partial charge in [0.25, 0.3) is 0 Å². The molecule has 1 heteroatoms. The Labute approximate surface area is 237 Å². The molecule has 7 rings (SSSR count). The van der Waals surface area contributed by atoms with Crippen molar-refractivity contribution < 1.29 is 0 Å². The van der Waals surface area contributed by atoms with Crippen molar-refractivity contribution >= 4 is 45.6 Å². The molecular weight excluding hydrogens is 497 g/mol. The van der Waals surface area contributed by atoms with Crippen molar-refractivity contribution in [2.24, 2.45) is 0 Å². The molecule has 0 aliphatic carbocycles. The first kappa shape index (κ1) is 24.6. The third kappa shape index (κ3) is 4.24. The molecule has 0 spiro atoms. The van der Waals surface area contributed by atoms with E-state index in [1.807, 2.05) is 0 Å². The summed E-state index contributed by atoms with van der Waals surface area (Å²) in [6, 6.07) is 51.6. The molecule has 7 aromatic carbocycles. The van der Waals surface area contributed by atoms with Crippen molar-refractivity contribution in [3.8, 4) is 33.4 Å². The number of fused-ring (bicyclic) bond motifs is 3. The monoisotopic (exact) mass is 528 g/mol. The summed E-state index contributed by atoms with van der Waals surface area (Å²) in [4.78, 5) is 0. The molecule has 0 saturated heterocycles. The largest absolute Gasteiger partial charge is 0.0776 e. The number of hydrogen-bond donors (Lipinski definition) is 0. The van der Waals surface area contributed by atoms with Gasteiger partial charge in [0.05, 0.1) is 8.07 Å². The SMILES string of the molecule is C[Si](C)(C)c1ccc2c(-c3ccc4ccccc4c3)c3ccccc3c(-c3ccc(-c4ccccc4)cc3)c2c1. The second kappa shape index (κ2) is 9.62. The summed E-state index contributed by atoms with van der Waals surface area (Å²) in [5, 5.41) is 9.30. The molecule has 0 bridgehead atoms. The van der Waals surface area contributed by atoms with Crippen molar-refractivity contribution in [1.82, 2.24) is 0 Å². The van der Waals surface area contributed by atoms with Crippen molar-refractivity contribution in [1.29, 1.82) is 0 Å². The van der Waals surface area contributed by atoms with Gasteiger partial charge in [0, 0.05) is 0 Å². The van der Waals surface area contributed by atoms with Gasteiger partial charge in [-0.25, -0.2) is 0 Å². The van der Waals surface area contributed by atoms with Crippen molar-refractivity contribution in [2.45, 2.75) is 19.6 Å². The maximum Gasteiger partial charge on any atom is 0.0776 e. The molecule has 0 aliphatic rings. The number of hydrogen-bond acceptors (Lipinski definition) is 0. The fraction of sp³-hybridized carbons (Fsp3) is 0.0769. The second-order valence-electron chi connectivity index (χ2n) is 11.8. The average Bonchev–Trinajstić information content (AvgIpc) is 2.99. The van der Waals surface area contributed by atoms with E-state index in [4.69, 9.17) is 0 Å². The Kier molecular flexibility index (Phi) is 5.91. The fourth-order valence-corrected chi connectivity index (χ4v) is 7.23. The molecule has 0 radical (unpaired) electrons. The maximum atomic E-state index is 2.50. The van der Waals surface area contributed by atoms with Crippen LogP contribution < -0.4 is 5.19 Å². The van der Waals surface area contributed by atoms with Gasteiger partial charge in [-0.15, -0.1) is 0 Å². The van der Waals surface area contributed by atoms with Gasteiger partial charge in [-0.1, -0.05) is 158 Å². The Balaban J connectivity index is 1.55. The number of rotatable bonds is 4. The lowest BCUT2D eigenvalue weighted by Gasteiger charge is -2.22. The van der Waals surface area contributed by atoms with Gasteiger partial charge in [-0.05, 0) is 71.8 Å². The van der Waals surface area contributed by atoms with Gasteiger partial charge in [0.2, 0.25) is 0 Å². The molecule has 40 heavy (non-hydrogen) atoms. The van der Waals surface area contributed by atoms with E-state index in [1.165, 1.54) is 70.9 Å². The van der Waals surface area contributed by atoms with Crippen LogP contribution >= 0.6 is 0 Å². The van der Waals surface area contributed by atoms with Crippen LogP contribution in [-0.4, -0.2) is 8.07 Å². The molecule has 0 aromatic heterocycles. The summed E-state index contributed by atoms with van der Waals surface area (Å²) < 4.78 is 0. The normalized spacial score (nSPS) is 11.9. The standard InChI is InChI=1S/C39H32Si/c1-40(2,3)33-23-24-36-37(26-33)38(30-20-17-29(18-21-30)27-11-5-4-6-12-27)34-15-9-10-16-35(34)39(36)32-22-19-28-13-7-8-14-31(28)25-32/h4-26H,1-3H3. The molecule has 0 unspecified atom stereocenters. The summed E-state index contributed by atoms with van der Waals surface area (Å²) >= 11 is 0. The first-order chi connectivity index (χ1) is 19.5. The summed E-state index contributed by atoms with van der Waals surface area (Å²) in [6.45, 7) is 7.31. The smallest absolute Gasteiger partial charge is 0.0656 e. The lowest BCUT2D eigenvalue weighted by molar-refractivity contribution is 1.61. The van der Waals surface area contributed by atoms with Crippen LogP contribution in [0.25, 0.3) is 65.7 Å². The Morgan fingerprint density at radius 2 is 0.875 bits per heavy atom. The van der Waals surface area contributed by atoms with Gasteiger partial charge in [-0.2, -0.15) is 0 Å². The van der Waals surface area contributed by atoms with E-state index < -0.39 is 8.07 Å². The minimum Gasteiger partial charge on any atom is -0.0656 e. The molecule has 0 aliphatic heterocycles. The third-order valence-electron chi connectivity index (χ3n) is 8.21. The van der Waals surface area contributed by atoms with Crippen LogP contribution in [0.4, 0.5) is 0 Å². The van der Waals surface area contributed by atoms with Gasteiger partial charge < -0.3 is 0 Å². The quantitative estimate of drug-likeness (QED) is 0.157. The van der Waals surface area contributed by atoms with Gasteiger partial charge in [0.15, 0.2) is 0 Å². The predicted molar refractivity (Wildman–Crippen MR) is 178 cm³/mol. The maximum absolute atomic E-state index is 2.50. The first-order valence-corrected chi connectivity index (χ1v) is 17.6. The van der Waals surface area contributed by atoms with Gasteiger partial charge in [0.1, 0.15) is 0 Å². The Morgan fingerprint density at radius 1 is 0.350 bits per heavy atom. The van der Waals surface area contributed by atoms with E-state index >= 15 is 0 Å². The molecule has 192 valence electrons. The summed E-state index contributed by atoms with van der Waals surface area (Å²) in [7, 11) is -1.53. The lowest BCUT2D eigenvalue weighted by atomic mass is 9.85. The van der Waals surface area contributed by atoms with Gasteiger partial charge in [-0.3, -0.25) is 0 Å². The van der Waals surface area contributed by atoms with E-state index in [0.717, 1.165) is 0 Å². The van der Waals surface area contributed by atoms with E-state index in [1.54, 1.807) is 0 Å². The van der Waals surface area contributed by atoms with Crippen LogP contribution in [0.15, 0.2) is 140 Å². The summed E-state index contributed by atoms with van der Waals surface area (Å²) in [6.07, 6.45) is 0. The summed E-state index contributed by atoms with van der Waals surface area (Å²) in [5.41, 5.74) is 7.67. The minimum atomic E-state index is -1.53. The topological polar surface area (TPSA) is 0 Å². The molecule has 0 amide bonds. The van der Waals surface area contributed by atoms with Crippen LogP contribution in [0, 0.1) is 0 Å². The van der Waals surface area contributed by atoms with Crippen molar-refractivity contribution in [3.63, 3.8) is 0 Å². The highest BCUT2D eigenvalue weighted by molar-refractivity contribution is 6.88. The first-order valence-electron chi connectivity index (χ1n) is 14.1. The van der Waals surface area contributed by atoms with Crippen LogP contribution in [0.5, 0.6) is 0 Å². The molecule has 0 fully saturated rings. The van der Waals surface area contributed by atoms with Crippen LogP contribution in [0.2, 0.25) is 19.6 Å². The van der Waals surface area contributed by atoms with E-state index in [-0.39, 0.29) is 0 Å². The highest BCUT2D eigenvalue weighted by Gasteiger charge is 2.21. The molecule has 0 nitrogen and oxygen atoms in total. The minimum absolute atomic E-state index is 1.24. The lowest BCUT2D eigenvalue weighted by Crippen LogP contribution is -2.37. The Hall–Kier alpha value is -4.46. The Morgan fingerprint density at radius 3 is 1.57 bits per heavy atom. The second-order valence-corrected chi connectivity index (χ2v) is 16.9. The average molecular weight is 529 g/mol. The highest BCUT2D eigenvalue weighted by atomic mass is 28.3. The predicted octanol–water partition coefficient (Wildman–Crippen LogP) is 10.7. The fourth-order valence-electron chi connectivity index (χ4n) is 6.07. The van der Waals surface area contributed by atoms with Crippen LogP contribution in [-0.2, 0) is 0 Å². The molecular formula is C39H32Si. The van der Waals surface area contributed by atoms with Crippen LogP contribution in [0.3, 0.4) is 0 Å². The van der Waals surface area contributed by atoms with Crippen LogP contribution in [0.1, 0.15) is 0 Å². The zero-order chi connectivity index (χ0) is 27.3. The summed E-state index contributed by atoms with van der Waals surface area (Å²) in [5.74, 6) is 0. The molecule has 0 heterocycles. The zero-order valence-corrected chi connectivity index (χ0v) is 24.3. The molecule has 0 N–H and O–H groups in total. The third-order valence-corrected chi connectivity index (χ3v) is 10.3. The molecule has 0 saturated carbocycles. The zero-order valence-electron chi connectivity index (χ0n) is 23.3.